The lowest BCUT2D eigenvalue weighted by atomic mass is 9.86. The Labute approximate surface area is 201 Å². The highest BCUT2D eigenvalue weighted by Gasteiger charge is 2.36. The zero-order valence-corrected chi connectivity index (χ0v) is 20.7. The molecule has 1 saturated carbocycles. The maximum Gasteiger partial charge on any atom is 0.408 e. The van der Waals surface area contributed by atoms with Crippen LogP contribution in [0.3, 0.4) is 0 Å². The van der Waals surface area contributed by atoms with Crippen molar-refractivity contribution >= 4 is 40.7 Å². The van der Waals surface area contributed by atoms with Gasteiger partial charge in [0.1, 0.15) is 12.1 Å². The number of hydrogen-bond donors (Lipinski definition) is 6. The Kier molecular flexibility index (Phi) is 9.10. The highest BCUT2D eigenvalue weighted by molar-refractivity contribution is 14.1. The number of hydrazine groups is 1. The Balaban J connectivity index is 2.13. The minimum absolute atomic E-state index is 0.0968. The molecule has 6 N–H and O–H groups in total. The van der Waals surface area contributed by atoms with E-state index in [1.165, 1.54) is 6.92 Å². The molecule has 0 aliphatic heterocycles. The summed E-state index contributed by atoms with van der Waals surface area (Å²) >= 11 is 2.14. The summed E-state index contributed by atoms with van der Waals surface area (Å²) in [7, 11) is 0. The summed E-state index contributed by atoms with van der Waals surface area (Å²) in [4.78, 5) is 36.1. The zero-order valence-electron chi connectivity index (χ0n) is 18.5. The Morgan fingerprint density at radius 2 is 1.72 bits per heavy atom. The second-order valence-corrected chi connectivity index (χ2v) is 10.2. The van der Waals surface area contributed by atoms with Crippen molar-refractivity contribution in [2.75, 3.05) is 0 Å². The fourth-order valence-corrected chi connectivity index (χ4v) is 3.35. The lowest BCUT2D eigenvalue weighted by Gasteiger charge is -2.32. The van der Waals surface area contributed by atoms with Crippen LogP contribution in [0, 0.1) is 8.99 Å². The first-order valence-electron chi connectivity index (χ1n) is 10.3. The number of nitrogens with one attached hydrogen (secondary N) is 4. The van der Waals surface area contributed by atoms with Gasteiger partial charge in [0.15, 0.2) is 0 Å². The Hall–Kier alpha value is -2.12. The lowest BCUT2D eigenvalue weighted by Crippen LogP contribution is -2.58. The molecule has 0 bridgehead atoms. The number of ether oxygens (including phenoxy) is 1. The molecule has 0 aromatic heterocycles. The normalized spacial score (nSPS) is 17.4. The third-order valence-corrected chi connectivity index (χ3v) is 5.69. The topological polar surface area (TPSA) is 149 Å². The van der Waals surface area contributed by atoms with E-state index < -0.39 is 47.7 Å². The smallest absolute Gasteiger partial charge is 0.408 e. The third kappa shape index (κ3) is 8.10. The molecule has 1 fully saturated rings. The van der Waals surface area contributed by atoms with E-state index in [0.717, 1.165) is 16.4 Å². The van der Waals surface area contributed by atoms with Crippen LogP contribution < -0.4 is 21.5 Å². The largest absolute Gasteiger partial charge is 0.465 e. The van der Waals surface area contributed by atoms with Gasteiger partial charge in [-0.05, 0) is 65.5 Å². The van der Waals surface area contributed by atoms with Crippen LogP contribution in [0.25, 0.3) is 0 Å². The van der Waals surface area contributed by atoms with Crippen LogP contribution in [-0.4, -0.2) is 52.6 Å². The Morgan fingerprint density at radius 1 is 1.12 bits per heavy atom. The van der Waals surface area contributed by atoms with Gasteiger partial charge in [0.2, 0.25) is 0 Å². The summed E-state index contributed by atoms with van der Waals surface area (Å²) < 4.78 is 6.17. The van der Waals surface area contributed by atoms with Gasteiger partial charge in [0, 0.05) is 3.57 Å². The van der Waals surface area contributed by atoms with E-state index in [4.69, 9.17) is 9.84 Å². The number of rotatable bonds is 9. The number of alkyl carbamates (subject to hydrolysis) is 1. The molecule has 1 aromatic rings. The highest BCUT2D eigenvalue weighted by atomic mass is 127. The summed E-state index contributed by atoms with van der Waals surface area (Å²) in [5.74, 6) is -0.521. The van der Waals surface area contributed by atoms with Gasteiger partial charge in [-0.15, -0.1) is 0 Å². The fraction of sp³-hybridized carbons (Fsp3) is 0.571. The molecule has 178 valence electrons. The molecule has 0 spiro atoms. The molecule has 0 heterocycles. The van der Waals surface area contributed by atoms with E-state index in [0.29, 0.717) is 5.56 Å². The monoisotopic (exact) mass is 562 g/mol. The van der Waals surface area contributed by atoms with Gasteiger partial charge in [-0.1, -0.05) is 32.9 Å². The maximum absolute atomic E-state index is 13.0. The summed E-state index contributed by atoms with van der Waals surface area (Å²) in [5.41, 5.74) is 5.40. The first-order valence-corrected chi connectivity index (χ1v) is 11.4. The molecule has 32 heavy (non-hydrogen) atoms. The van der Waals surface area contributed by atoms with E-state index in [9.17, 15) is 19.5 Å². The van der Waals surface area contributed by atoms with Gasteiger partial charge < -0.3 is 25.6 Å². The summed E-state index contributed by atoms with van der Waals surface area (Å²) in [6.45, 7) is 6.94. The van der Waals surface area contributed by atoms with E-state index in [1.54, 1.807) is 32.9 Å². The molecular formula is C21H31IN4O6. The number of halogens is 1. The highest BCUT2D eigenvalue weighted by Crippen LogP contribution is 2.25. The van der Waals surface area contributed by atoms with Gasteiger partial charge in [-0.2, -0.15) is 0 Å². The van der Waals surface area contributed by atoms with Gasteiger partial charge >= 0.3 is 12.2 Å². The predicted octanol–water partition coefficient (Wildman–Crippen LogP) is 2.27. The van der Waals surface area contributed by atoms with Crippen molar-refractivity contribution in [3.63, 3.8) is 0 Å². The van der Waals surface area contributed by atoms with E-state index in [2.05, 4.69) is 44.1 Å². The third-order valence-electron chi connectivity index (χ3n) is 4.97. The summed E-state index contributed by atoms with van der Waals surface area (Å²) in [6, 6.07) is 4.65. The van der Waals surface area contributed by atoms with Crippen molar-refractivity contribution in [2.24, 2.45) is 5.41 Å². The fourth-order valence-electron chi connectivity index (χ4n) is 2.99. The number of hydrogen-bond acceptors (Lipinski definition) is 6. The molecule has 1 aromatic carbocycles. The first-order chi connectivity index (χ1) is 14.9. The van der Waals surface area contributed by atoms with Gasteiger partial charge in [-0.25, -0.2) is 15.0 Å². The van der Waals surface area contributed by atoms with Crippen molar-refractivity contribution in [3.05, 3.63) is 33.4 Å². The van der Waals surface area contributed by atoms with Crippen molar-refractivity contribution in [2.45, 2.75) is 70.9 Å². The molecule has 2 rings (SSSR count). The van der Waals surface area contributed by atoms with Crippen LogP contribution in [0.15, 0.2) is 24.3 Å². The number of carbonyl (C=O) groups excluding carboxylic acids is 2. The molecule has 11 heteroatoms. The second kappa shape index (κ2) is 11.1. The van der Waals surface area contributed by atoms with Crippen LogP contribution in [0.5, 0.6) is 0 Å². The van der Waals surface area contributed by atoms with E-state index in [1.807, 2.05) is 12.1 Å². The first kappa shape index (κ1) is 26.1. The van der Waals surface area contributed by atoms with E-state index in [-0.39, 0.29) is 6.10 Å². The molecular weight excluding hydrogens is 531 g/mol. The number of aliphatic hydroxyl groups is 1. The van der Waals surface area contributed by atoms with Crippen molar-refractivity contribution in [3.8, 4) is 0 Å². The van der Waals surface area contributed by atoms with Gasteiger partial charge in [0.25, 0.3) is 5.91 Å². The van der Waals surface area contributed by atoms with Crippen LogP contribution in [0.4, 0.5) is 9.59 Å². The maximum atomic E-state index is 13.0. The number of carboxylic acid groups (broad SMARTS) is 1. The molecule has 1 aliphatic rings. The molecule has 0 radical (unpaired) electrons. The molecule has 1 aliphatic carbocycles. The van der Waals surface area contributed by atoms with Crippen molar-refractivity contribution < 1.29 is 29.3 Å². The lowest BCUT2D eigenvalue weighted by molar-refractivity contribution is -0.127. The van der Waals surface area contributed by atoms with E-state index >= 15 is 0 Å². The standard InChI is InChI=1S/C21H31IN4O6/c1-11(23-19(29)30)16(27)15(12-5-7-13(22)8-6-12)25-26-18(28)17(21(2,3)4)24-20(31)32-14-9-10-14/h5-8,11,14-17,23,25,27H,9-10H2,1-4H3,(H,24,31)(H,26,28)(H,29,30)/t11-,15?,16-,17+/m0/s1. The summed E-state index contributed by atoms with van der Waals surface area (Å²) in [5, 5.41) is 24.6. The van der Waals surface area contributed by atoms with Gasteiger partial charge in [0.05, 0.1) is 18.2 Å². The second-order valence-electron chi connectivity index (χ2n) is 8.94. The van der Waals surface area contributed by atoms with Crippen LogP contribution in [-0.2, 0) is 9.53 Å². The molecule has 10 nitrogen and oxygen atoms in total. The number of aliphatic hydroxyl groups excluding tert-OH is 1. The average molecular weight is 562 g/mol. The number of carbonyl (C=O) groups is 3. The average Bonchev–Trinajstić information content (AvgIpc) is 3.49. The zero-order chi connectivity index (χ0) is 24.1. The molecule has 3 amide bonds. The Bertz CT molecular complexity index is 810. The minimum atomic E-state index is -1.27. The molecule has 4 atom stereocenters. The van der Waals surface area contributed by atoms with Gasteiger partial charge in [-0.3, -0.25) is 10.2 Å². The van der Waals surface area contributed by atoms with Crippen LogP contribution in [0.1, 0.15) is 52.1 Å². The minimum Gasteiger partial charge on any atom is -0.465 e. The number of benzene rings is 1. The predicted molar refractivity (Wildman–Crippen MR) is 126 cm³/mol. The Morgan fingerprint density at radius 3 is 2.22 bits per heavy atom. The van der Waals surface area contributed by atoms with Crippen LogP contribution >= 0.6 is 22.6 Å². The van der Waals surface area contributed by atoms with Crippen molar-refractivity contribution in [1.29, 1.82) is 0 Å². The summed E-state index contributed by atoms with van der Waals surface area (Å²) in [6.07, 6.45) is -1.59. The van der Waals surface area contributed by atoms with Crippen LogP contribution in [0.2, 0.25) is 0 Å². The number of amides is 3. The quantitative estimate of drug-likeness (QED) is 0.200. The van der Waals surface area contributed by atoms with Crippen molar-refractivity contribution in [1.82, 2.24) is 21.5 Å². The molecule has 1 unspecified atom stereocenters. The SMILES string of the molecule is C[C@H](NC(=O)O)[C@H](O)C(NNC(=O)[C@@H](NC(=O)OC1CC1)C(C)(C)C)c1ccc(I)cc1. The molecule has 0 saturated heterocycles.